The number of hydrogen-bond acceptors (Lipinski definition) is 5. The second-order valence-corrected chi connectivity index (χ2v) is 5.85. The van der Waals surface area contributed by atoms with Crippen molar-refractivity contribution in [1.82, 2.24) is 15.1 Å². The van der Waals surface area contributed by atoms with Gasteiger partial charge in [-0.15, -0.1) is 10.2 Å². The maximum absolute atomic E-state index is 5.07. The van der Waals surface area contributed by atoms with Crippen LogP contribution in [0.3, 0.4) is 0 Å². The SMILES string of the molecule is COc1nnc(CN2C[C@H]3CC=CC[C@H]3C2)s1. The van der Waals surface area contributed by atoms with Gasteiger partial charge in [0.2, 0.25) is 0 Å². The fraction of sp³-hybridized carbons (Fsp3) is 0.667. The van der Waals surface area contributed by atoms with Gasteiger partial charge in [-0.2, -0.15) is 0 Å². The molecule has 3 rings (SSSR count). The predicted octanol–water partition coefficient (Wildman–Crippen LogP) is 1.94. The number of aromatic nitrogens is 2. The van der Waals surface area contributed by atoms with Crippen molar-refractivity contribution in [2.45, 2.75) is 19.4 Å². The summed E-state index contributed by atoms with van der Waals surface area (Å²) in [6, 6.07) is 0. The fourth-order valence-electron chi connectivity index (χ4n) is 2.82. The molecule has 1 aliphatic carbocycles. The van der Waals surface area contributed by atoms with E-state index < -0.39 is 0 Å². The number of rotatable bonds is 3. The molecular formula is C12H17N3OS. The first-order valence-corrected chi connectivity index (χ1v) is 6.90. The molecule has 1 aliphatic heterocycles. The second-order valence-electron chi connectivity index (χ2n) is 4.82. The van der Waals surface area contributed by atoms with E-state index in [4.69, 9.17) is 4.74 Å². The molecule has 0 unspecified atom stereocenters. The third kappa shape index (κ3) is 2.35. The first-order valence-electron chi connectivity index (χ1n) is 6.09. The summed E-state index contributed by atoms with van der Waals surface area (Å²) >= 11 is 1.55. The van der Waals surface area contributed by atoms with Gasteiger partial charge < -0.3 is 4.74 Å². The summed E-state index contributed by atoms with van der Waals surface area (Å²) < 4.78 is 5.07. The van der Waals surface area contributed by atoms with E-state index in [1.807, 2.05) is 0 Å². The number of ether oxygens (including phenoxy) is 1. The van der Waals surface area contributed by atoms with Crippen LogP contribution in [0.5, 0.6) is 5.19 Å². The summed E-state index contributed by atoms with van der Waals surface area (Å²) in [6.07, 6.45) is 7.17. The van der Waals surface area contributed by atoms with Gasteiger partial charge in [-0.3, -0.25) is 4.90 Å². The Balaban J connectivity index is 1.60. The monoisotopic (exact) mass is 251 g/mol. The van der Waals surface area contributed by atoms with Crippen molar-refractivity contribution < 1.29 is 4.74 Å². The van der Waals surface area contributed by atoms with E-state index >= 15 is 0 Å². The molecular weight excluding hydrogens is 234 g/mol. The van der Waals surface area contributed by atoms with E-state index in [-0.39, 0.29) is 0 Å². The van der Waals surface area contributed by atoms with E-state index in [1.54, 1.807) is 18.4 Å². The van der Waals surface area contributed by atoms with Crippen molar-refractivity contribution in [2.75, 3.05) is 20.2 Å². The van der Waals surface area contributed by atoms with Gasteiger partial charge in [0.25, 0.3) is 5.19 Å². The lowest BCUT2D eigenvalue weighted by molar-refractivity contribution is 0.312. The summed E-state index contributed by atoms with van der Waals surface area (Å²) in [7, 11) is 1.64. The summed E-state index contributed by atoms with van der Waals surface area (Å²) in [6.45, 7) is 3.34. The van der Waals surface area contributed by atoms with Gasteiger partial charge >= 0.3 is 0 Å². The highest BCUT2D eigenvalue weighted by molar-refractivity contribution is 7.13. The van der Waals surface area contributed by atoms with Crippen LogP contribution in [0.2, 0.25) is 0 Å². The molecule has 92 valence electrons. The standard InChI is InChI=1S/C12H17N3OS/c1-16-12-14-13-11(17-12)8-15-6-9-4-2-3-5-10(9)7-15/h2-3,9-10H,4-8H2,1H3/t9-,10+. The Hall–Kier alpha value is -0.940. The summed E-state index contributed by atoms with van der Waals surface area (Å²) in [5.41, 5.74) is 0. The third-order valence-corrected chi connectivity index (χ3v) is 4.55. The largest absolute Gasteiger partial charge is 0.472 e. The van der Waals surface area contributed by atoms with E-state index in [0.29, 0.717) is 5.19 Å². The van der Waals surface area contributed by atoms with Gasteiger partial charge in [-0.25, -0.2) is 0 Å². The van der Waals surface area contributed by atoms with Crippen LogP contribution < -0.4 is 4.74 Å². The molecule has 2 aliphatic rings. The van der Waals surface area contributed by atoms with Gasteiger partial charge in [-0.05, 0) is 24.7 Å². The lowest BCUT2D eigenvalue weighted by Gasteiger charge is -2.18. The maximum Gasteiger partial charge on any atom is 0.293 e. The third-order valence-electron chi connectivity index (χ3n) is 3.68. The number of methoxy groups -OCH3 is 1. The quantitative estimate of drug-likeness (QED) is 0.770. The fourth-order valence-corrected chi connectivity index (χ4v) is 3.51. The van der Waals surface area contributed by atoms with Crippen LogP contribution >= 0.6 is 11.3 Å². The van der Waals surface area contributed by atoms with E-state index in [1.165, 1.54) is 25.9 Å². The Labute approximate surface area is 105 Å². The molecule has 1 aromatic rings. The van der Waals surface area contributed by atoms with Crippen LogP contribution in [0.25, 0.3) is 0 Å². The van der Waals surface area contributed by atoms with Crippen LogP contribution in [-0.4, -0.2) is 35.3 Å². The average Bonchev–Trinajstić information content (AvgIpc) is 2.94. The van der Waals surface area contributed by atoms with Crippen LogP contribution in [0.15, 0.2) is 12.2 Å². The minimum Gasteiger partial charge on any atom is -0.472 e. The topological polar surface area (TPSA) is 38.3 Å². The Morgan fingerprint density at radius 2 is 2.00 bits per heavy atom. The molecule has 2 heterocycles. The number of allylic oxidation sites excluding steroid dienone is 2. The van der Waals surface area contributed by atoms with E-state index in [0.717, 1.165) is 23.4 Å². The smallest absolute Gasteiger partial charge is 0.293 e. The van der Waals surface area contributed by atoms with Crippen molar-refractivity contribution in [3.8, 4) is 5.19 Å². The first kappa shape index (κ1) is 11.2. The molecule has 5 heteroatoms. The van der Waals surface area contributed by atoms with Gasteiger partial charge in [0.1, 0.15) is 5.01 Å². The van der Waals surface area contributed by atoms with Crippen LogP contribution in [-0.2, 0) is 6.54 Å². The van der Waals surface area contributed by atoms with Gasteiger partial charge in [0.05, 0.1) is 13.7 Å². The summed E-state index contributed by atoms with van der Waals surface area (Å²) in [4.78, 5) is 2.50. The highest BCUT2D eigenvalue weighted by atomic mass is 32.1. The minimum absolute atomic E-state index is 0.665. The zero-order valence-corrected chi connectivity index (χ0v) is 10.8. The molecule has 1 fully saturated rings. The van der Waals surface area contributed by atoms with Crippen molar-refractivity contribution in [1.29, 1.82) is 0 Å². The van der Waals surface area contributed by atoms with Crippen LogP contribution in [0.1, 0.15) is 17.8 Å². The highest BCUT2D eigenvalue weighted by Gasteiger charge is 2.32. The van der Waals surface area contributed by atoms with Crippen LogP contribution in [0.4, 0.5) is 0 Å². The molecule has 0 bridgehead atoms. The minimum atomic E-state index is 0.665. The second kappa shape index (κ2) is 4.74. The normalized spacial score (nSPS) is 28.3. The van der Waals surface area contributed by atoms with Gasteiger partial charge in [0.15, 0.2) is 0 Å². The Bertz CT molecular complexity index is 402. The molecule has 0 radical (unpaired) electrons. The molecule has 4 nitrogen and oxygen atoms in total. The van der Waals surface area contributed by atoms with Crippen molar-refractivity contribution in [3.63, 3.8) is 0 Å². The molecule has 0 amide bonds. The number of fused-ring (bicyclic) bond motifs is 1. The molecule has 17 heavy (non-hydrogen) atoms. The number of nitrogens with zero attached hydrogens (tertiary/aromatic N) is 3. The van der Waals surface area contributed by atoms with Gasteiger partial charge in [0, 0.05) is 13.1 Å². The molecule has 0 saturated carbocycles. The Morgan fingerprint density at radius 3 is 2.59 bits per heavy atom. The summed E-state index contributed by atoms with van der Waals surface area (Å²) in [5.74, 6) is 1.71. The lowest BCUT2D eigenvalue weighted by atomic mass is 9.86. The average molecular weight is 251 g/mol. The Morgan fingerprint density at radius 1 is 1.29 bits per heavy atom. The molecule has 1 aromatic heterocycles. The number of hydrogen-bond donors (Lipinski definition) is 0. The van der Waals surface area contributed by atoms with E-state index in [2.05, 4.69) is 27.2 Å². The van der Waals surface area contributed by atoms with Crippen molar-refractivity contribution in [2.24, 2.45) is 11.8 Å². The van der Waals surface area contributed by atoms with Gasteiger partial charge in [-0.1, -0.05) is 23.5 Å². The molecule has 2 atom stereocenters. The first-order chi connectivity index (χ1) is 8.35. The summed E-state index contributed by atoms with van der Waals surface area (Å²) in [5, 5.41) is 9.86. The zero-order chi connectivity index (χ0) is 11.7. The molecule has 0 N–H and O–H groups in total. The van der Waals surface area contributed by atoms with Crippen LogP contribution in [0, 0.1) is 11.8 Å². The molecule has 0 spiro atoms. The van der Waals surface area contributed by atoms with E-state index in [9.17, 15) is 0 Å². The Kier molecular flexibility index (Phi) is 3.11. The van der Waals surface area contributed by atoms with Crippen molar-refractivity contribution in [3.05, 3.63) is 17.2 Å². The molecule has 0 aromatic carbocycles. The lowest BCUT2D eigenvalue weighted by Crippen LogP contribution is -2.20. The predicted molar refractivity (Wildman–Crippen MR) is 67.1 cm³/mol. The number of likely N-dealkylation sites (tertiary alicyclic amines) is 1. The highest BCUT2D eigenvalue weighted by Crippen LogP contribution is 2.33. The maximum atomic E-state index is 5.07. The molecule has 1 saturated heterocycles. The zero-order valence-electron chi connectivity index (χ0n) is 10.0. The van der Waals surface area contributed by atoms with Crippen molar-refractivity contribution >= 4 is 11.3 Å².